The molecule has 2 heterocycles. The molecule has 4 rings (SSSR count). The lowest BCUT2D eigenvalue weighted by Crippen LogP contribution is -2.45. The zero-order valence-corrected chi connectivity index (χ0v) is 17.3. The molecule has 0 aliphatic carbocycles. The highest BCUT2D eigenvalue weighted by molar-refractivity contribution is 6.30. The molecular formula is C23H24ClN5. The molecule has 0 N–H and O–H groups in total. The summed E-state index contributed by atoms with van der Waals surface area (Å²) in [4.78, 5) is 4.90. The predicted molar refractivity (Wildman–Crippen MR) is 115 cm³/mol. The van der Waals surface area contributed by atoms with Gasteiger partial charge >= 0.3 is 0 Å². The van der Waals surface area contributed by atoms with E-state index in [2.05, 4.69) is 21.0 Å². The number of para-hydroxylation sites is 1. The fourth-order valence-corrected chi connectivity index (χ4v) is 4.06. The number of halogens is 1. The van der Waals surface area contributed by atoms with Crippen molar-refractivity contribution in [2.45, 2.75) is 20.0 Å². The van der Waals surface area contributed by atoms with Gasteiger partial charge < -0.3 is 0 Å². The number of nitriles is 1. The quantitative estimate of drug-likeness (QED) is 0.643. The average molecular weight is 406 g/mol. The molecule has 6 heteroatoms. The van der Waals surface area contributed by atoms with Crippen LogP contribution in [0.15, 0.2) is 54.6 Å². The van der Waals surface area contributed by atoms with Crippen molar-refractivity contribution in [1.29, 1.82) is 5.26 Å². The van der Waals surface area contributed by atoms with Crippen LogP contribution in [0.2, 0.25) is 5.15 Å². The van der Waals surface area contributed by atoms with Crippen LogP contribution in [-0.2, 0) is 13.1 Å². The number of nitrogens with zero attached hydrogens (tertiary/aromatic N) is 5. The second-order valence-electron chi connectivity index (χ2n) is 7.46. The van der Waals surface area contributed by atoms with E-state index in [0.717, 1.165) is 56.2 Å². The van der Waals surface area contributed by atoms with E-state index in [0.29, 0.717) is 10.7 Å². The first-order valence-corrected chi connectivity index (χ1v) is 10.2. The third-order valence-corrected chi connectivity index (χ3v) is 5.85. The van der Waals surface area contributed by atoms with E-state index < -0.39 is 0 Å². The minimum absolute atomic E-state index is 0.703. The molecule has 1 aliphatic heterocycles. The van der Waals surface area contributed by atoms with Gasteiger partial charge in [0.15, 0.2) is 0 Å². The Hall–Kier alpha value is -2.65. The SMILES string of the molecule is Cc1nn(-c2ccccc2)c(Cl)c1CN1CCN(Cc2ccc(C#N)cc2)CC1. The molecular weight excluding hydrogens is 382 g/mol. The summed E-state index contributed by atoms with van der Waals surface area (Å²) in [5.74, 6) is 0. The van der Waals surface area contributed by atoms with Crippen LogP contribution in [0.3, 0.4) is 0 Å². The molecule has 0 spiro atoms. The van der Waals surface area contributed by atoms with Crippen molar-refractivity contribution in [3.63, 3.8) is 0 Å². The maximum atomic E-state index is 8.92. The zero-order chi connectivity index (χ0) is 20.2. The highest BCUT2D eigenvalue weighted by atomic mass is 35.5. The van der Waals surface area contributed by atoms with E-state index in [1.54, 1.807) is 0 Å². The molecule has 0 bridgehead atoms. The summed E-state index contributed by atoms with van der Waals surface area (Å²) in [7, 11) is 0. The summed E-state index contributed by atoms with van der Waals surface area (Å²) in [5.41, 5.74) is 5.04. The summed E-state index contributed by atoms with van der Waals surface area (Å²) in [6.07, 6.45) is 0. The topological polar surface area (TPSA) is 48.1 Å². The van der Waals surface area contributed by atoms with Crippen molar-refractivity contribution in [3.8, 4) is 11.8 Å². The highest BCUT2D eigenvalue weighted by Crippen LogP contribution is 2.25. The Kier molecular flexibility index (Phi) is 5.96. The molecule has 148 valence electrons. The molecule has 0 atom stereocenters. The normalized spacial score (nSPS) is 15.3. The van der Waals surface area contributed by atoms with Crippen molar-refractivity contribution in [2.24, 2.45) is 0 Å². The average Bonchev–Trinajstić information content (AvgIpc) is 3.04. The lowest BCUT2D eigenvalue weighted by Gasteiger charge is -2.34. The summed E-state index contributed by atoms with van der Waals surface area (Å²) < 4.78 is 1.83. The number of aromatic nitrogens is 2. The summed E-state index contributed by atoms with van der Waals surface area (Å²) in [6, 6.07) is 20.1. The fraction of sp³-hybridized carbons (Fsp3) is 0.304. The van der Waals surface area contributed by atoms with Gasteiger partial charge in [-0.3, -0.25) is 9.80 Å². The van der Waals surface area contributed by atoms with Gasteiger partial charge in [-0.2, -0.15) is 10.4 Å². The summed E-state index contributed by atoms with van der Waals surface area (Å²) >= 11 is 6.68. The molecule has 0 radical (unpaired) electrons. The summed E-state index contributed by atoms with van der Waals surface area (Å²) in [6.45, 7) is 7.81. The standard InChI is InChI=1S/C23H24ClN5/c1-18-22(23(24)29(26-18)21-5-3-2-4-6-21)17-28-13-11-27(12-14-28)16-20-9-7-19(15-25)8-10-20/h2-10H,11-14,16-17H2,1H3. The third kappa shape index (κ3) is 4.51. The van der Waals surface area contributed by atoms with Crippen molar-refractivity contribution in [2.75, 3.05) is 26.2 Å². The Labute approximate surface area is 176 Å². The maximum Gasteiger partial charge on any atom is 0.137 e. The molecule has 1 fully saturated rings. The van der Waals surface area contributed by atoms with Crippen LogP contribution < -0.4 is 0 Å². The van der Waals surface area contributed by atoms with Gasteiger partial charge in [0, 0.05) is 44.8 Å². The van der Waals surface area contributed by atoms with Crippen molar-refractivity contribution in [3.05, 3.63) is 82.1 Å². The van der Waals surface area contributed by atoms with Crippen LogP contribution in [-0.4, -0.2) is 45.8 Å². The molecule has 5 nitrogen and oxygen atoms in total. The Morgan fingerprint density at radius 2 is 1.55 bits per heavy atom. The number of rotatable bonds is 5. The second kappa shape index (κ2) is 8.79. The molecule has 2 aromatic carbocycles. The number of aryl methyl sites for hydroxylation is 1. The molecule has 29 heavy (non-hydrogen) atoms. The van der Waals surface area contributed by atoms with E-state index in [1.807, 2.05) is 66.2 Å². The lowest BCUT2D eigenvalue weighted by atomic mass is 10.1. The Morgan fingerprint density at radius 3 is 2.17 bits per heavy atom. The minimum Gasteiger partial charge on any atom is -0.297 e. The molecule has 3 aromatic rings. The number of benzene rings is 2. The van der Waals surface area contributed by atoms with Gasteiger partial charge in [-0.25, -0.2) is 4.68 Å². The maximum absolute atomic E-state index is 8.92. The van der Waals surface area contributed by atoms with Crippen LogP contribution in [0.1, 0.15) is 22.4 Å². The Bertz CT molecular complexity index is 996. The van der Waals surface area contributed by atoms with Crippen molar-refractivity contribution in [1.82, 2.24) is 19.6 Å². The number of hydrogen-bond acceptors (Lipinski definition) is 4. The lowest BCUT2D eigenvalue weighted by molar-refractivity contribution is 0.122. The Balaban J connectivity index is 1.36. The smallest absolute Gasteiger partial charge is 0.137 e. The Morgan fingerprint density at radius 1 is 0.931 bits per heavy atom. The van der Waals surface area contributed by atoms with Gasteiger partial charge in [0.25, 0.3) is 0 Å². The molecule has 0 unspecified atom stereocenters. The third-order valence-electron chi connectivity index (χ3n) is 5.46. The number of piperazine rings is 1. The first-order valence-electron chi connectivity index (χ1n) is 9.87. The monoisotopic (exact) mass is 405 g/mol. The van der Waals surface area contributed by atoms with Crippen LogP contribution in [0.5, 0.6) is 0 Å². The van der Waals surface area contributed by atoms with Gasteiger partial charge in [-0.15, -0.1) is 0 Å². The molecule has 1 aromatic heterocycles. The van der Waals surface area contributed by atoms with Crippen LogP contribution >= 0.6 is 11.6 Å². The highest BCUT2D eigenvalue weighted by Gasteiger charge is 2.21. The predicted octanol–water partition coefficient (Wildman–Crippen LogP) is 4.02. The minimum atomic E-state index is 0.703. The van der Waals surface area contributed by atoms with Crippen LogP contribution in [0.25, 0.3) is 5.69 Å². The van der Waals surface area contributed by atoms with Crippen LogP contribution in [0, 0.1) is 18.3 Å². The summed E-state index contributed by atoms with van der Waals surface area (Å²) in [5, 5.41) is 14.3. The van der Waals surface area contributed by atoms with Crippen LogP contribution in [0.4, 0.5) is 0 Å². The fourth-order valence-electron chi connectivity index (χ4n) is 3.72. The van der Waals surface area contributed by atoms with E-state index in [1.165, 1.54) is 5.56 Å². The van der Waals surface area contributed by atoms with Gasteiger partial charge in [-0.05, 0) is 36.8 Å². The van der Waals surface area contributed by atoms with E-state index >= 15 is 0 Å². The van der Waals surface area contributed by atoms with Crippen molar-refractivity contribution < 1.29 is 0 Å². The van der Waals surface area contributed by atoms with Gasteiger partial charge in [0.05, 0.1) is 23.0 Å². The first kappa shape index (κ1) is 19.7. The largest absolute Gasteiger partial charge is 0.297 e. The van der Waals surface area contributed by atoms with Gasteiger partial charge in [0.1, 0.15) is 5.15 Å². The second-order valence-corrected chi connectivity index (χ2v) is 7.82. The molecule has 1 saturated heterocycles. The first-order chi connectivity index (χ1) is 14.1. The molecule has 0 amide bonds. The van der Waals surface area contributed by atoms with E-state index in [4.69, 9.17) is 16.9 Å². The number of hydrogen-bond donors (Lipinski definition) is 0. The van der Waals surface area contributed by atoms with E-state index in [9.17, 15) is 0 Å². The van der Waals surface area contributed by atoms with Crippen molar-refractivity contribution >= 4 is 11.6 Å². The molecule has 0 saturated carbocycles. The van der Waals surface area contributed by atoms with Gasteiger partial charge in [0.2, 0.25) is 0 Å². The molecule has 1 aliphatic rings. The van der Waals surface area contributed by atoms with E-state index in [-0.39, 0.29) is 0 Å². The zero-order valence-electron chi connectivity index (χ0n) is 16.6. The van der Waals surface area contributed by atoms with Gasteiger partial charge in [-0.1, -0.05) is 41.9 Å².